The van der Waals surface area contributed by atoms with Gasteiger partial charge in [0.05, 0.1) is 0 Å². The number of nitrogens with zero attached hydrogens (tertiary/aromatic N) is 2. The van der Waals surface area contributed by atoms with Crippen molar-refractivity contribution in [3.05, 3.63) is 23.3 Å². The fraction of sp³-hybridized carbons (Fsp3) is 0.619. The zero-order valence-electron chi connectivity index (χ0n) is 18.0. The molecule has 0 radical (unpaired) electrons. The molecular formula is C21H34N2O2S2. The minimum absolute atomic E-state index is 0.0241. The third-order valence-corrected chi connectivity index (χ3v) is 6.89. The Bertz CT molecular complexity index is 661. The smallest absolute Gasteiger partial charge is 0.286 e. The van der Waals surface area contributed by atoms with Crippen molar-refractivity contribution in [1.29, 1.82) is 0 Å². The van der Waals surface area contributed by atoms with Crippen molar-refractivity contribution in [3.8, 4) is 0 Å². The topological polar surface area (TPSA) is 40.6 Å². The Morgan fingerprint density at radius 3 is 1.70 bits per heavy atom. The molecule has 0 aromatic heterocycles. The molecule has 0 aliphatic carbocycles. The van der Waals surface area contributed by atoms with Gasteiger partial charge in [0.25, 0.3) is 10.5 Å². The van der Waals surface area contributed by atoms with E-state index in [4.69, 9.17) is 0 Å². The van der Waals surface area contributed by atoms with Crippen molar-refractivity contribution >= 4 is 34.0 Å². The van der Waals surface area contributed by atoms with Gasteiger partial charge in [-0.2, -0.15) is 0 Å². The van der Waals surface area contributed by atoms with Crippen molar-refractivity contribution in [2.45, 2.75) is 70.6 Å². The summed E-state index contributed by atoms with van der Waals surface area (Å²) in [5.41, 5.74) is 2.27. The standard InChI is InChI=1S/C21H34N2O2S2/c1-9-22(10-2)19(24)26-17-14-13-16(21(6,7)8)15(5)18(17)27-20(25)23(11-3)12-4/h13-14H,9-12H2,1-8H3. The average molecular weight is 411 g/mol. The Labute approximate surface area is 173 Å². The van der Waals surface area contributed by atoms with E-state index < -0.39 is 0 Å². The Morgan fingerprint density at radius 2 is 1.30 bits per heavy atom. The lowest BCUT2D eigenvalue weighted by molar-refractivity contribution is 0.227. The summed E-state index contributed by atoms with van der Waals surface area (Å²) in [5.74, 6) is 0. The minimum atomic E-state index is -0.0241. The summed E-state index contributed by atoms with van der Waals surface area (Å²) >= 11 is 2.47. The fourth-order valence-corrected chi connectivity index (χ4v) is 5.16. The summed E-state index contributed by atoms with van der Waals surface area (Å²) in [6.07, 6.45) is 0. The van der Waals surface area contributed by atoms with Crippen molar-refractivity contribution in [1.82, 2.24) is 9.80 Å². The second-order valence-corrected chi connectivity index (χ2v) is 9.35. The number of hydrogen-bond acceptors (Lipinski definition) is 4. The molecule has 0 saturated carbocycles. The fourth-order valence-electron chi connectivity index (χ4n) is 2.96. The summed E-state index contributed by atoms with van der Waals surface area (Å²) in [6.45, 7) is 19.2. The van der Waals surface area contributed by atoms with Gasteiger partial charge in [-0.3, -0.25) is 9.59 Å². The SMILES string of the molecule is CCN(CC)C(=O)Sc1ccc(C(C)(C)C)c(C)c1SC(=O)N(CC)CC. The number of rotatable bonds is 6. The summed E-state index contributed by atoms with van der Waals surface area (Å²) in [4.78, 5) is 30.8. The first-order chi connectivity index (χ1) is 12.6. The molecule has 0 aliphatic rings. The van der Waals surface area contributed by atoms with Crippen LogP contribution in [-0.2, 0) is 5.41 Å². The quantitative estimate of drug-likeness (QED) is 0.509. The number of amides is 2. The van der Waals surface area contributed by atoms with Gasteiger partial charge in [0.15, 0.2) is 0 Å². The monoisotopic (exact) mass is 410 g/mol. The molecule has 2 amide bonds. The van der Waals surface area contributed by atoms with Gasteiger partial charge >= 0.3 is 0 Å². The van der Waals surface area contributed by atoms with Crippen LogP contribution in [0.15, 0.2) is 21.9 Å². The van der Waals surface area contributed by atoms with Crippen LogP contribution >= 0.6 is 23.5 Å². The maximum absolute atomic E-state index is 12.8. The maximum Gasteiger partial charge on any atom is 0.286 e. The second kappa shape index (κ2) is 10.4. The Kier molecular flexibility index (Phi) is 9.22. The first kappa shape index (κ1) is 23.9. The van der Waals surface area contributed by atoms with E-state index in [1.807, 2.05) is 38.7 Å². The van der Waals surface area contributed by atoms with Gasteiger partial charge in [-0.1, -0.05) is 26.8 Å². The number of carbonyl (C=O) groups excluding carboxylic acids is 2. The van der Waals surface area contributed by atoms with Crippen LogP contribution in [0, 0.1) is 6.92 Å². The van der Waals surface area contributed by atoms with E-state index >= 15 is 0 Å². The van der Waals surface area contributed by atoms with Gasteiger partial charge in [0.2, 0.25) is 0 Å². The molecule has 27 heavy (non-hydrogen) atoms. The first-order valence-electron chi connectivity index (χ1n) is 9.68. The molecule has 0 saturated heterocycles. The predicted molar refractivity (Wildman–Crippen MR) is 118 cm³/mol. The molecular weight excluding hydrogens is 376 g/mol. The van der Waals surface area contributed by atoms with E-state index in [9.17, 15) is 9.59 Å². The van der Waals surface area contributed by atoms with E-state index in [1.165, 1.54) is 29.1 Å². The van der Waals surface area contributed by atoms with Crippen LogP contribution in [0.2, 0.25) is 0 Å². The highest BCUT2D eigenvalue weighted by atomic mass is 32.2. The van der Waals surface area contributed by atoms with E-state index in [-0.39, 0.29) is 15.9 Å². The molecule has 1 aromatic rings. The van der Waals surface area contributed by atoms with Crippen LogP contribution in [0.3, 0.4) is 0 Å². The largest absolute Gasteiger partial charge is 0.334 e. The van der Waals surface area contributed by atoms with Gasteiger partial charge in [-0.15, -0.1) is 0 Å². The first-order valence-corrected chi connectivity index (χ1v) is 11.3. The van der Waals surface area contributed by atoms with Gasteiger partial charge < -0.3 is 9.80 Å². The highest BCUT2D eigenvalue weighted by molar-refractivity contribution is 8.16. The molecule has 1 aromatic carbocycles. The van der Waals surface area contributed by atoms with Crippen LogP contribution in [0.4, 0.5) is 9.59 Å². The molecule has 0 atom stereocenters. The molecule has 0 heterocycles. The lowest BCUT2D eigenvalue weighted by Gasteiger charge is -2.26. The predicted octanol–water partition coefficient (Wildman–Crippen LogP) is 6.40. The van der Waals surface area contributed by atoms with E-state index in [0.717, 1.165) is 15.4 Å². The van der Waals surface area contributed by atoms with Crippen molar-refractivity contribution in [2.75, 3.05) is 26.2 Å². The molecule has 152 valence electrons. The number of benzene rings is 1. The molecule has 6 heteroatoms. The Morgan fingerprint density at radius 1 is 0.852 bits per heavy atom. The minimum Gasteiger partial charge on any atom is -0.334 e. The van der Waals surface area contributed by atoms with Crippen LogP contribution in [-0.4, -0.2) is 46.5 Å². The van der Waals surface area contributed by atoms with E-state index in [1.54, 1.807) is 4.90 Å². The van der Waals surface area contributed by atoms with Crippen LogP contribution in [0.1, 0.15) is 59.6 Å². The molecule has 0 spiro atoms. The van der Waals surface area contributed by atoms with Gasteiger partial charge in [0.1, 0.15) is 0 Å². The zero-order valence-corrected chi connectivity index (χ0v) is 19.6. The molecule has 0 bridgehead atoms. The van der Waals surface area contributed by atoms with E-state index in [2.05, 4.69) is 33.8 Å². The normalized spacial score (nSPS) is 11.4. The lowest BCUT2D eigenvalue weighted by atomic mass is 9.84. The highest BCUT2D eigenvalue weighted by Crippen LogP contribution is 2.40. The summed E-state index contributed by atoms with van der Waals surface area (Å²) < 4.78 is 0. The summed E-state index contributed by atoms with van der Waals surface area (Å²) in [5, 5.41) is 0.0614. The van der Waals surface area contributed by atoms with Crippen LogP contribution < -0.4 is 0 Å². The van der Waals surface area contributed by atoms with Crippen LogP contribution in [0.25, 0.3) is 0 Å². The molecule has 1 rings (SSSR count). The average Bonchev–Trinajstić information content (AvgIpc) is 2.59. The van der Waals surface area contributed by atoms with Crippen molar-refractivity contribution < 1.29 is 9.59 Å². The van der Waals surface area contributed by atoms with E-state index in [0.29, 0.717) is 26.2 Å². The third-order valence-electron chi connectivity index (χ3n) is 4.61. The molecule has 0 unspecified atom stereocenters. The molecule has 0 aliphatic heterocycles. The number of thioether (sulfide) groups is 2. The van der Waals surface area contributed by atoms with Gasteiger partial charge in [-0.25, -0.2) is 0 Å². The maximum atomic E-state index is 12.8. The zero-order chi connectivity index (χ0) is 20.8. The molecule has 4 nitrogen and oxygen atoms in total. The van der Waals surface area contributed by atoms with Gasteiger partial charge in [0, 0.05) is 36.0 Å². The second-order valence-electron chi connectivity index (χ2n) is 7.40. The Balaban J connectivity index is 3.35. The summed E-state index contributed by atoms with van der Waals surface area (Å²) in [7, 11) is 0. The molecule has 0 N–H and O–H groups in total. The lowest BCUT2D eigenvalue weighted by Crippen LogP contribution is -2.27. The third kappa shape index (κ3) is 6.18. The number of carbonyl (C=O) groups is 2. The van der Waals surface area contributed by atoms with Crippen LogP contribution in [0.5, 0.6) is 0 Å². The van der Waals surface area contributed by atoms with Gasteiger partial charge in [-0.05, 0) is 80.8 Å². The van der Waals surface area contributed by atoms with Crippen molar-refractivity contribution in [2.24, 2.45) is 0 Å². The molecule has 0 fully saturated rings. The van der Waals surface area contributed by atoms with Crippen molar-refractivity contribution in [3.63, 3.8) is 0 Å². The Hall–Kier alpha value is -1.14. The number of hydrogen-bond donors (Lipinski definition) is 0. The summed E-state index contributed by atoms with van der Waals surface area (Å²) in [6, 6.07) is 4.09. The highest BCUT2D eigenvalue weighted by Gasteiger charge is 2.24.